The third-order valence-electron chi connectivity index (χ3n) is 5.07. The molecular formula is C25H21BrFN3O2. The standard InChI is InChI=1S/C25H21BrFN3O2/c26-19-10-6-16(7-11-19)14-22(31)30-25-23(24(32)18-4-2-1-3-5-18)29-21(15-28-25)17-8-12-20(27)13-9-17/h2,4-13,15,24,32H,1,3,14H2,(H,28,30,31). The Kier molecular flexibility index (Phi) is 6.87. The summed E-state index contributed by atoms with van der Waals surface area (Å²) in [6.07, 6.45) is 8.13. The molecule has 1 atom stereocenters. The van der Waals surface area contributed by atoms with Gasteiger partial charge in [-0.3, -0.25) is 4.79 Å². The molecule has 32 heavy (non-hydrogen) atoms. The summed E-state index contributed by atoms with van der Waals surface area (Å²) in [6, 6.07) is 13.3. The number of hydrogen-bond acceptors (Lipinski definition) is 4. The highest BCUT2D eigenvalue weighted by atomic mass is 79.9. The van der Waals surface area contributed by atoms with Crippen LogP contribution < -0.4 is 5.32 Å². The van der Waals surface area contributed by atoms with Gasteiger partial charge in [0.1, 0.15) is 17.6 Å². The van der Waals surface area contributed by atoms with Crippen LogP contribution in [0.4, 0.5) is 10.2 Å². The third-order valence-corrected chi connectivity index (χ3v) is 5.60. The van der Waals surface area contributed by atoms with E-state index < -0.39 is 6.10 Å². The summed E-state index contributed by atoms with van der Waals surface area (Å²) in [5.74, 6) is -0.417. The number of aliphatic hydroxyl groups is 1. The van der Waals surface area contributed by atoms with Crippen molar-refractivity contribution in [2.24, 2.45) is 0 Å². The van der Waals surface area contributed by atoms with Gasteiger partial charge in [-0.05, 0) is 60.4 Å². The Balaban J connectivity index is 1.64. The number of benzene rings is 2. The fourth-order valence-electron chi connectivity index (χ4n) is 3.41. The maximum Gasteiger partial charge on any atom is 0.229 e. The van der Waals surface area contributed by atoms with Crippen molar-refractivity contribution >= 4 is 27.7 Å². The number of hydrogen-bond donors (Lipinski definition) is 2. The largest absolute Gasteiger partial charge is 0.382 e. The van der Waals surface area contributed by atoms with Gasteiger partial charge in [0.15, 0.2) is 5.82 Å². The van der Waals surface area contributed by atoms with Crippen LogP contribution in [0.15, 0.2) is 83.0 Å². The van der Waals surface area contributed by atoms with Crippen LogP contribution >= 0.6 is 15.9 Å². The Morgan fingerprint density at radius 3 is 2.56 bits per heavy atom. The predicted octanol–water partition coefficient (Wildman–Crippen LogP) is 5.54. The van der Waals surface area contributed by atoms with Crippen molar-refractivity contribution in [3.05, 3.63) is 100 Å². The second-order valence-corrected chi connectivity index (χ2v) is 8.35. The number of anilines is 1. The molecule has 1 unspecified atom stereocenters. The van der Waals surface area contributed by atoms with Gasteiger partial charge in [0, 0.05) is 10.0 Å². The van der Waals surface area contributed by atoms with E-state index in [2.05, 4.69) is 31.2 Å². The lowest BCUT2D eigenvalue weighted by atomic mass is 9.99. The molecule has 1 amide bonds. The van der Waals surface area contributed by atoms with E-state index in [0.29, 0.717) is 16.8 Å². The van der Waals surface area contributed by atoms with Gasteiger partial charge < -0.3 is 10.4 Å². The SMILES string of the molecule is O=C(Cc1ccc(Br)cc1)Nc1ncc(-c2ccc(F)cc2)nc1C(O)C1=CCCC=C1. The molecule has 3 aromatic rings. The highest BCUT2D eigenvalue weighted by Crippen LogP contribution is 2.30. The first kappa shape index (κ1) is 22.0. The van der Waals surface area contributed by atoms with Crippen LogP contribution in [-0.2, 0) is 11.2 Å². The van der Waals surface area contributed by atoms with Gasteiger partial charge in [-0.1, -0.05) is 46.3 Å². The van der Waals surface area contributed by atoms with E-state index in [0.717, 1.165) is 22.9 Å². The number of aromatic nitrogens is 2. The smallest absolute Gasteiger partial charge is 0.229 e. The molecule has 0 fully saturated rings. The highest BCUT2D eigenvalue weighted by molar-refractivity contribution is 9.10. The summed E-state index contributed by atoms with van der Waals surface area (Å²) < 4.78 is 14.3. The number of carbonyl (C=O) groups is 1. The van der Waals surface area contributed by atoms with Crippen molar-refractivity contribution in [2.75, 3.05) is 5.32 Å². The van der Waals surface area contributed by atoms with Crippen molar-refractivity contribution in [3.63, 3.8) is 0 Å². The second-order valence-electron chi connectivity index (χ2n) is 7.43. The molecule has 0 aliphatic heterocycles. The predicted molar refractivity (Wildman–Crippen MR) is 125 cm³/mol. The van der Waals surface area contributed by atoms with Gasteiger partial charge >= 0.3 is 0 Å². The van der Waals surface area contributed by atoms with Gasteiger partial charge in [0.25, 0.3) is 0 Å². The zero-order valence-corrected chi connectivity index (χ0v) is 18.7. The molecule has 2 aromatic carbocycles. The summed E-state index contributed by atoms with van der Waals surface area (Å²) in [5, 5.41) is 13.8. The molecule has 162 valence electrons. The maximum absolute atomic E-state index is 13.3. The van der Waals surface area contributed by atoms with Crippen LogP contribution in [0.25, 0.3) is 11.3 Å². The topological polar surface area (TPSA) is 75.1 Å². The number of carbonyl (C=O) groups excluding carboxylic acids is 1. The molecular weight excluding hydrogens is 473 g/mol. The van der Waals surface area contributed by atoms with Crippen LogP contribution in [-0.4, -0.2) is 21.0 Å². The van der Waals surface area contributed by atoms with Crippen LogP contribution in [0, 0.1) is 5.82 Å². The molecule has 0 bridgehead atoms. The molecule has 0 radical (unpaired) electrons. The van der Waals surface area contributed by atoms with Crippen LogP contribution in [0.1, 0.15) is 30.2 Å². The Hall–Kier alpha value is -3.16. The van der Waals surface area contributed by atoms with E-state index in [-0.39, 0.29) is 29.7 Å². The highest BCUT2D eigenvalue weighted by Gasteiger charge is 2.22. The number of nitrogens with one attached hydrogen (secondary N) is 1. The van der Waals surface area contributed by atoms with E-state index in [9.17, 15) is 14.3 Å². The molecule has 1 aromatic heterocycles. The van der Waals surface area contributed by atoms with E-state index in [1.807, 2.05) is 42.5 Å². The van der Waals surface area contributed by atoms with E-state index >= 15 is 0 Å². The molecule has 4 rings (SSSR count). The van der Waals surface area contributed by atoms with Gasteiger partial charge in [0.05, 0.1) is 18.3 Å². The number of aliphatic hydroxyl groups excluding tert-OH is 1. The quantitative estimate of drug-likeness (QED) is 0.472. The number of halogens is 2. The molecule has 0 spiro atoms. The van der Waals surface area contributed by atoms with Gasteiger partial charge in [-0.2, -0.15) is 0 Å². The maximum atomic E-state index is 13.3. The van der Waals surface area contributed by atoms with Gasteiger partial charge in [-0.25, -0.2) is 14.4 Å². The molecule has 0 saturated heterocycles. The van der Waals surface area contributed by atoms with E-state index in [4.69, 9.17) is 0 Å². The second kappa shape index (κ2) is 9.97. The molecule has 7 heteroatoms. The number of amides is 1. The molecule has 1 aliphatic carbocycles. The van der Waals surface area contributed by atoms with Crippen molar-refractivity contribution in [1.29, 1.82) is 0 Å². The molecule has 5 nitrogen and oxygen atoms in total. The van der Waals surface area contributed by atoms with Crippen molar-refractivity contribution in [3.8, 4) is 11.3 Å². The average molecular weight is 494 g/mol. The van der Waals surface area contributed by atoms with E-state index in [1.54, 1.807) is 12.1 Å². The normalized spacial score (nSPS) is 14.0. The molecule has 1 heterocycles. The van der Waals surface area contributed by atoms with Crippen molar-refractivity contribution in [1.82, 2.24) is 9.97 Å². The summed E-state index contributed by atoms with van der Waals surface area (Å²) in [4.78, 5) is 21.6. The zero-order valence-electron chi connectivity index (χ0n) is 17.1. The van der Waals surface area contributed by atoms with Crippen LogP contribution in [0.2, 0.25) is 0 Å². The van der Waals surface area contributed by atoms with Crippen molar-refractivity contribution < 1.29 is 14.3 Å². The summed E-state index contributed by atoms with van der Waals surface area (Å²) in [5.41, 5.74) is 2.93. The molecule has 0 saturated carbocycles. The minimum Gasteiger partial charge on any atom is -0.382 e. The van der Waals surface area contributed by atoms with Gasteiger partial charge in [-0.15, -0.1) is 0 Å². The lowest BCUT2D eigenvalue weighted by Crippen LogP contribution is -2.19. The lowest BCUT2D eigenvalue weighted by molar-refractivity contribution is -0.115. The summed E-state index contributed by atoms with van der Waals surface area (Å²) >= 11 is 3.38. The van der Waals surface area contributed by atoms with Crippen LogP contribution in [0.3, 0.4) is 0 Å². The Bertz CT molecular complexity index is 1170. The molecule has 1 aliphatic rings. The Morgan fingerprint density at radius 1 is 1.12 bits per heavy atom. The fraction of sp³-hybridized carbons (Fsp3) is 0.160. The number of rotatable bonds is 6. The minimum absolute atomic E-state index is 0.160. The monoisotopic (exact) mass is 493 g/mol. The van der Waals surface area contributed by atoms with Gasteiger partial charge in [0.2, 0.25) is 5.91 Å². The Labute approximate surface area is 193 Å². The van der Waals surface area contributed by atoms with E-state index in [1.165, 1.54) is 18.3 Å². The summed E-state index contributed by atoms with van der Waals surface area (Å²) in [7, 11) is 0. The minimum atomic E-state index is -1.05. The molecule has 2 N–H and O–H groups in total. The number of allylic oxidation sites excluding steroid dienone is 2. The number of nitrogens with zero attached hydrogens (tertiary/aromatic N) is 2. The first-order valence-electron chi connectivity index (χ1n) is 10.2. The van der Waals surface area contributed by atoms with Crippen LogP contribution in [0.5, 0.6) is 0 Å². The third kappa shape index (κ3) is 5.36. The lowest BCUT2D eigenvalue weighted by Gasteiger charge is -2.18. The average Bonchev–Trinajstić information content (AvgIpc) is 2.81. The fourth-order valence-corrected chi connectivity index (χ4v) is 3.67. The first-order chi connectivity index (χ1) is 15.5. The van der Waals surface area contributed by atoms with Crippen molar-refractivity contribution in [2.45, 2.75) is 25.4 Å². The Morgan fingerprint density at radius 2 is 1.88 bits per heavy atom. The zero-order chi connectivity index (χ0) is 22.5. The first-order valence-corrected chi connectivity index (χ1v) is 11.0. The summed E-state index contributed by atoms with van der Waals surface area (Å²) in [6.45, 7) is 0.